The van der Waals surface area contributed by atoms with Crippen LogP contribution in [0.15, 0.2) is 59.9 Å². The van der Waals surface area contributed by atoms with Gasteiger partial charge in [0.05, 0.1) is 17.8 Å². The summed E-state index contributed by atoms with van der Waals surface area (Å²) < 4.78 is 2.08. The lowest BCUT2D eigenvalue weighted by molar-refractivity contribution is -0.130. The minimum Gasteiger partial charge on any atom is -0.342 e. The fraction of sp³-hybridized carbons (Fsp3) is 0.370. The van der Waals surface area contributed by atoms with E-state index in [1.807, 2.05) is 30.3 Å². The van der Waals surface area contributed by atoms with Crippen molar-refractivity contribution in [2.45, 2.75) is 40.5 Å². The molecule has 3 aromatic rings. The highest BCUT2D eigenvalue weighted by Gasteiger charge is 2.24. The first-order valence-corrected chi connectivity index (χ1v) is 11.5. The SMILES string of the molecule is CCc1ccc(-c2nc3ccc(C)cn3c2CC(=O)N(CC)CC2C=CN=CC2C)cc1. The van der Waals surface area contributed by atoms with Crippen molar-refractivity contribution in [2.24, 2.45) is 16.8 Å². The first kappa shape index (κ1) is 22.0. The molecule has 0 N–H and O–H groups in total. The molecule has 1 aliphatic heterocycles. The lowest BCUT2D eigenvalue weighted by Crippen LogP contribution is -2.38. The molecular weight excluding hydrogens is 396 g/mol. The fourth-order valence-corrected chi connectivity index (χ4v) is 4.27. The van der Waals surface area contributed by atoms with E-state index in [-0.39, 0.29) is 5.91 Å². The Labute approximate surface area is 190 Å². The number of hydrogen-bond donors (Lipinski definition) is 0. The molecular formula is C27H32N4O. The predicted molar refractivity (Wildman–Crippen MR) is 131 cm³/mol. The van der Waals surface area contributed by atoms with Crippen LogP contribution in [0.25, 0.3) is 16.9 Å². The van der Waals surface area contributed by atoms with E-state index in [9.17, 15) is 4.79 Å². The molecule has 0 saturated carbocycles. The number of fused-ring (bicyclic) bond motifs is 1. The summed E-state index contributed by atoms with van der Waals surface area (Å²) >= 11 is 0. The lowest BCUT2D eigenvalue weighted by Gasteiger charge is -2.28. The highest BCUT2D eigenvalue weighted by molar-refractivity contribution is 5.82. The molecule has 4 rings (SSSR count). The molecule has 1 amide bonds. The van der Waals surface area contributed by atoms with Crippen molar-refractivity contribution in [1.82, 2.24) is 14.3 Å². The number of aliphatic imine (C=N–C) groups is 1. The van der Waals surface area contributed by atoms with Crippen LogP contribution in [0.1, 0.15) is 37.6 Å². The Hall–Kier alpha value is -3.21. The summed E-state index contributed by atoms with van der Waals surface area (Å²) in [6.45, 7) is 9.81. The molecule has 0 saturated heterocycles. The molecule has 3 heterocycles. The maximum Gasteiger partial charge on any atom is 0.228 e. The van der Waals surface area contributed by atoms with Crippen molar-refractivity contribution < 1.29 is 4.79 Å². The normalized spacial score (nSPS) is 17.8. The van der Waals surface area contributed by atoms with Crippen LogP contribution < -0.4 is 0 Å². The quantitative estimate of drug-likeness (QED) is 0.525. The molecule has 166 valence electrons. The summed E-state index contributed by atoms with van der Waals surface area (Å²) in [7, 11) is 0. The van der Waals surface area contributed by atoms with Gasteiger partial charge in [-0.3, -0.25) is 9.79 Å². The molecule has 2 aromatic heterocycles. The zero-order chi connectivity index (χ0) is 22.7. The van der Waals surface area contributed by atoms with E-state index in [4.69, 9.17) is 4.98 Å². The van der Waals surface area contributed by atoms with E-state index >= 15 is 0 Å². The van der Waals surface area contributed by atoms with Gasteiger partial charge in [-0.25, -0.2) is 4.98 Å². The first-order chi connectivity index (χ1) is 15.5. The van der Waals surface area contributed by atoms with Crippen molar-refractivity contribution in [3.8, 4) is 11.3 Å². The van der Waals surface area contributed by atoms with E-state index in [2.05, 4.69) is 72.8 Å². The number of nitrogens with zero attached hydrogens (tertiary/aromatic N) is 4. The summed E-state index contributed by atoms with van der Waals surface area (Å²) in [5.41, 5.74) is 6.20. The number of rotatable bonds is 7. The van der Waals surface area contributed by atoms with E-state index in [1.165, 1.54) is 5.56 Å². The molecule has 0 fully saturated rings. The van der Waals surface area contributed by atoms with Crippen molar-refractivity contribution in [3.05, 3.63) is 71.7 Å². The Balaban J connectivity index is 1.67. The standard InChI is InChI=1S/C27H32N4O/c1-5-21-8-10-22(11-9-21)27-24(31-17-19(3)7-12-25(31)29-27)15-26(32)30(6-2)18-23-13-14-28-16-20(23)4/h7-14,16-17,20,23H,5-6,15,18H2,1-4H3. The Morgan fingerprint density at radius 3 is 2.59 bits per heavy atom. The van der Waals surface area contributed by atoms with Crippen LogP contribution in [0.4, 0.5) is 0 Å². The third-order valence-electron chi connectivity index (χ3n) is 6.40. The average molecular weight is 429 g/mol. The molecule has 32 heavy (non-hydrogen) atoms. The molecule has 1 aromatic carbocycles. The number of benzene rings is 1. The van der Waals surface area contributed by atoms with E-state index < -0.39 is 0 Å². The molecule has 1 aliphatic rings. The maximum atomic E-state index is 13.5. The number of likely N-dealkylation sites (N-methyl/N-ethyl adjacent to an activating group) is 1. The smallest absolute Gasteiger partial charge is 0.228 e. The largest absolute Gasteiger partial charge is 0.342 e. The average Bonchev–Trinajstić information content (AvgIpc) is 3.16. The molecule has 2 unspecified atom stereocenters. The van der Waals surface area contributed by atoms with Gasteiger partial charge < -0.3 is 9.30 Å². The van der Waals surface area contributed by atoms with Crippen molar-refractivity contribution in [1.29, 1.82) is 0 Å². The number of carbonyl (C=O) groups excluding carboxylic acids is 1. The van der Waals surface area contributed by atoms with Gasteiger partial charge in [0.1, 0.15) is 5.65 Å². The maximum absolute atomic E-state index is 13.5. The number of hydrogen-bond acceptors (Lipinski definition) is 3. The van der Waals surface area contributed by atoms with Gasteiger partial charge in [-0.05, 0) is 43.4 Å². The van der Waals surface area contributed by atoms with E-state index in [0.717, 1.165) is 34.6 Å². The van der Waals surface area contributed by atoms with Gasteiger partial charge in [-0.2, -0.15) is 0 Å². The van der Waals surface area contributed by atoms with Crippen LogP contribution >= 0.6 is 0 Å². The van der Waals surface area contributed by atoms with Gasteiger partial charge in [-0.1, -0.05) is 50.3 Å². The second kappa shape index (κ2) is 9.51. The van der Waals surface area contributed by atoms with Gasteiger partial charge in [0.15, 0.2) is 0 Å². The van der Waals surface area contributed by atoms with Crippen LogP contribution in [0, 0.1) is 18.8 Å². The van der Waals surface area contributed by atoms with Crippen molar-refractivity contribution in [2.75, 3.05) is 13.1 Å². The Kier molecular flexibility index (Phi) is 6.54. The molecule has 2 atom stereocenters. The monoisotopic (exact) mass is 428 g/mol. The van der Waals surface area contributed by atoms with Crippen molar-refractivity contribution >= 4 is 17.8 Å². The molecule has 0 aliphatic carbocycles. The van der Waals surface area contributed by atoms with Crippen LogP contribution in [0.2, 0.25) is 0 Å². The highest BCUT2D eigenvalue weighted by atomic mass is 16.2. The van der Waals surface area contributed by atoms with Gasteiger partial charge in [0.2, 0.25) is 5.91 Å². The first-order valence-electron chi connectivity index (χ1n) is 11.5. The van der Waals surface area contributed by atoms with Gasteiger partial charge >= 0.3 is 0 Å². The molecule has 0 bridgehead atoms. The number of aryl methyl sites for hydroxylation is 2. The number of carbonyl (C=O) groups is 1. The summed E-state index contributed by atoms with van der Waals surface area (Å²) in [5.74, 6) is 0.750. The van der Waals surface area contributed by atoms with Crippen molar-refractivity contribution in [3.63, 3.8) is 0 Å². The second-order valence-electron chi connectivity index (χ2n) is 8.66. The molecule has 0 spiro atoms. The molecule has 5 heteroatoms. The predicted octanol–water partition coefficient (Wildman–Crippen LogP) is 5.11. The summed E-state index contributed by atoms with van der Waals surface area (Å²) in [4.78, 5) is 24.6. The van der Waals surface area contributed by atoms with Crippen LogP contribution in [0.5, 0.6) is 0 Å². The third-order valence-corrected chi connectivity index (χ3v) is 6.40. The Morgan fingerprint density at radius 2 is 1.91 bits per heavy atom. The Morgan fingerprint density at radius 1 is 1.12 bits per heavy atom. The van der Waals surface area contributed by atoms with E-state index in [1.54, 1.807) is 0 Å². The summed E-state index contributed by atoms with van der Waals surface area (Å²) in [5, 5.41) is 0. The molecule has 0 radical (unpaired) electrons. The lowest BCUT2D eigenvalue weighted by atomic mass is 9.93. The topological polar surface area (TPSA) is 50.0 Å². The summed E-state index contributed by atoms with van der Waals surface area (Å²) in [6.07, 6.45) is 9.32. The van der Waals surface area contributed by atoms with Crippen LogP contribution in [-0.4, -0.2) is 39.5 Å². The minimum absolute atomic E-state index is 0.130. The summed E-state index contributed by atoms with van der Waals surface area (Å²) in [6, 6.07) is 12.6. The van der Waals surface area contributed by atoms with Crippen LogP contribution in [0.3, 0.4) is 0 Å². The van der Waals surface area contributed by atoms with E-state index in [0.29, 0.717) is 31.3 Å². The Bertz CT molecular complexity index is 1160. The number of amides is 1. The number of imidazole rings is 1. The second-order valence-corrected chi connectivity index (χ2v) is 8.66. The van der Waals surface area contributed by atoms with Gasteiger partial charge in [0, 0.05) is 43.2 Å². The number of aromatic nitrogens is 2. The van der Waals surface area contributed by atoms with Gasteiger partial charge in [-0.15, -0.1) is 0 Å². The minimum atomic E-state index is 0.130. The fourth-order valence-electron chi connectivity index (χ4n) is 4.27. The third kappa shape index (κ3) is 4.52. The zero-order valence-electron chi connectivity index (χ0n) is 19.5. The van der Waals surface area contributed by atoms with Crippen LogP contribution in [-0.2, 0) is 17.6 Å². The number of pyridine rings is 1. The van der Waals surface area contributed by atoms with Gasteiger partial charge in [0.25, 0.3) is 0 Å². The zero-order valence-corrected chi connectivity index (χ0v) is 19.5. The highest BCUT2D eigenvalue weighted by Crippen LogP contribution is 2.27. The molecule has 5 nitrogen and oxygen atoms in total.